The molecule has 7 nitrogen and oxygen atoms in total. The highest BCUT2D eigenvalue weighted by atomic mass is 19.3. The molecular formula is C24H20F2N2O5. The first kappa shape index (κ1) is 20.9. The largest absolute Gasteiger partial charge is 0.493 e. The first-order valence-electron chi connectivity index (χ1n) is 10.2. The molecule has 0 fully saturated rings. The zero-order chi connectivity index (χ0) is 22.9. The number of hydrogen-bond donors (Lipinski definition) is 1. The number of rotatable bonds is 6. The summed E-state index contributed by atoms with van der Waals surface area (Å²) in [5, 5.41) is 3.38. The maximum atomic E-state index is 13.5. The Morgan fingerprint density at radius 3 is 2.70 bits per heavy atom. The Bertz CT molecular complexity index is 1200. The molecule has 0 spiro atoms. The number of halogens is 2. The van der Waals surface area contributed by atoms with Crippen molar-refractivity contribution in [1.29, 1.82) is 0 Å². The van der Waals surface area contributed by atoms with Crippen molar-refractivity contribution in [1.82, 2.24) is 4.90 Å². The number of hydrogen-bond acceptors (Lipinski definition) is 6. The third-order valence-electron chi connectivity index (χ3n) is 5.53. The lowest BCUT2D eigenvalue weighted by atomic mass is 10.0. The average molecular weight is 454 g/mol. The zero-order valence-corrected chi connectivity index (χ0v) is 17.6. The van der Waals surface area contributed by atoms with E-state index in [1.54, 1.807) is 29.2 Å². The summed E-state index contributed by atoms with van der Waals surface area (Å²) in [7, 11) is 1.37. The lowest BCUT2D eigenvalue weighted by Crippen LogP contribution is -2.42. The van der Waals surface area contributed by atoms with Gasteiger partial charge in [0, 0.05) is 12.2 Å². The Labute approximate surface area is 188 Å². The molecule has 0 aliphatic carbocycles. The zero-order valence-electron chi connectivity index (χ0n) is 17.6. The fourth-order valence-electron chi connectivity index (χ4n) is 4.00. The highest BCUT2D eigenvalue weighted by Gasteiger charge is 2.33. The van der Waals surface area contributed by atoms with Crippen LogP contribution in [0.4, 0.5) is 14.5 Å². The SMILES string of the molecule is COc1cc(C2Nc3ccccc3C(=O)N2Cc2ccc3c(c2)OCO3)ccc1OC(F)F. The van der Waals surface area contributed by atoms with E-state index in [9.17, 15) is 13.6 Å². The predicted molar refractivity (Wildman–Crippen MR) is 115 cm³/mol. The molecule has 2 heterocycles. The summed E-state index contributed by atoms with van der Waals surface area (Å²) < 4.78 is 46.1. The second-order valence-corrected chi connectivity index (χ2v) is 7.50. The van der Waals surface area contributed by atoms with E-state index in [4.69, 9.17) is 14.2 Å². The molecule has 2 aliphatic heterocycles. The van der Waals surface area contributed by atoms with Gasteiger partial charge in [0.15, 0.2) is 23.0 Å². The quantitative estimate of drug-likeness (QED) is 0.578. The van der Waals surface area contributed by atoms with Gasteiger partial charge in [0.2, 0.25) is 6.79 Å². The topological polar surface area (TPSA) is 69.3 Å². The van der Waals surface area contributed by atoms with Crippen molar-refractivity contribution >= 4 is 11.6 Å². The van der Waals surface area contributed by atoms with Crippen LogP contribution in [0.3, 0.4) is 0 Å². The van der Waals surface area contributed by atoms with Crippen LogP contribution in [0.25, 0.3) is 0 Å². The molecule has 0 saturated heterocycles. The number of nitrogens with zero attached hydrogens (tertiary/aromatic N) is 1. The molecule has 3 aromatic carbocycles. The Balaban J connectivity index is 1.53. The maximum Gasteiger partial charge on any atom is 0.387 e. The number of anilines is 1. The van der Waals surface area contributed by atoms with Crippen molar-refractivity contribution < 1.29 is 32.5 Å². The molecule has 5 rings (SSSR count). The van der Waals surface area contributed by atoms with Crippen LogP contribution in [0.15, 0.2) is 60.7 Å². The number of fused-ring (bicyclic) bond motifs is 2. The number of alkyl halides is 2. The first-order valence-corrected chi connectivity index (χ1v) is 10.2. The maximum absolute atomic E-state index is 13.5. The molecule has 0 bridgehead atoms. The van der Waals surface area contributed by atoms with E-state index in [0.717, 1.165) is 5.56 Å². The van der Waals surface area contributed by atoms with Gasteiger partial charge in [-0.25, -0.2) is 0 Å². The van der Waals surface area contributed by atoms with Crippen LogP contribution in [0.1, 0.15) is 27.7 Å². The molecule has 1 N–H and O–H groups in total. The van der Waals surface area contributed by atoms with Crippen LogP contribution < -0.4 is 24.3 Å². The second-order valence-electron chi connectivity index (χ2n) is 7.50. The monoisotopic (exact) mass is 454 g/mol. The van der Waals surface area contributed by atoms with Crippen molar-refractivity contribution in [2.24, 2.45) is 0 Å². The lowest BCUT2D eigenvalue weighted by molar-refractivity contribution is -0.0512. The molecule has 9 heteroatoms. The van der Waals surface area contributed by atoms with E-state index in [2.05, 4.69) is 10.1 Å². The minimum absolute atomic E-state index is 0.0823. The fraction of sp³-hybridized carbons (Fsp3) is 0.208. The molecule has 1 atom stereocenters. The number of benzene rings is 3. The number of para-hydroxylation sites is 1. The van der Waals surface area contributed by atoms with Crippen LogP contribution in [-0.2, 0) is 6.54 Å². The van der Waals surface area contributed by atoms with E-state index in [1.807, 2.05) is 30.3 Å². The summed E-state index contributed by atoms with van der Waals surface area (Å²) >= 11 is 0. The summed E-state index contributed by atoms with van der Waals surface area (Å²) in [6.07, 6.45) is -0.577. The van der Waals surface area contributed by atoms with Gasteiger partial charge in [-0.05, 0) is 47.5 Å². The van der Waals surface area contributed by atoms with Gasteiger partial charge in [-0.3, -0.25) is 4.79 Å². The molecule has 170 valence electrons. The predicted octanol–water partition coefficient (Wildman–Crippen LogP) is 4.79. The van der Waals surface area contributed by atoms with Crippen LogP contribution in [0.2, 0.25) is 0 Å². The minimum Gasteiger partial charge on any atom is -0.493 e. The van der Waals surface area contributed by atoms with Gasteiger partial charge in [0.05, 0.1) is 12.7 Å². The van der Waals surface area contributed by atoms with E-state index in [1.165, 1.54) is 13.2 Å². The molecule has 33 heavy (non-hydrogen) atoms. The van der Waals surface area contributed by atoms with Crippen molar-refractivity contribution in [2.75, 3.05) is 19.2 Å². The normalized spacial score (nSPS) is 16.4. The van der Waals surface area contributed by atoms with Crippen LogP contribution in [-0.4, -0.2) is 31.3 Å². The Hall–Kier alpha value is -4.01. The molecule has 0 saturated carbocycles. The van der Waals surface area contributed by atoms with E-state index < -0.39 is 12.8 Å². The van der Waals surface area contributed by atoms with Gasteiger partial charge in [-0.15, -0.1) is 0 Å². The summed E-state index contributed by atoms with van der Waals surface area (Å²) in [5.74, 6) is 1.17. The van der Waals surface area contributed by atoms with Gasteiger partial charge in [0.25, 0.3) is 5.91 Å². The minimum atomic E-state index is -2.98. The Morgan fingerprint density at radius 1 is 1.06 bits per heavy atom. The number of nitrogens with one attached hydrogen (secondary N) is 1. The van der Waals surface area contributed by atoms with E-state index in [-0.39, 0.29) is 30.7 Å². The third kappa shape index (κ3) is 3.97. The van der Waals surface area contributed by atoms with Gasteiger partial charge in [0.1, 0.15) is 6.17 Å². The summed E-state index contributed by atoms with van der Waals surface area (Å²) in [6, 6.07) is 17.4. The Morgan fingerprint density at radius 2 is 1.88 bits per heavy atom. The number of methoxy groups -OCH3 is 1. The summed E-state index contributed by atoms with van der Waals surface area (Å²) in [5.41, 5.74) is 2.72. The molecular weight excluding hydrogens is 434 g/mol. The number of amides is 1. The summed E-state index contributed by atoms with van der Waals surface area (Å²) in [6.45, 7) is -2.54. The van der Waals surface area contributed by atoms with Crippen molar-refractivity contribution in [3.8, 4) is 23.0 Å². The van der Waals surface area contributed by atoms with Crippen molar-refractivity contribution in [2.45, 2.75) is 19.3 Å². The standard InChI is InChI=1S/C24H20F2N2O5/c1-30-20-11-15(7-9-19(20)33-24(25)26)22-27-17-5-3-2-4-16(17)23(29)28(22)12-14-6-8-18-21(10-14)32-13-31-18/h2-11,22,24,27H,12-13H2,1H3. The smallest absolute Gasteiger partial charge is 0.387 e. The first-order chi connectivity index (χ1) is 16.0. The molecule has 0 aromatic heterocycles. The number of carbonyl (C=O) groups is 1. The van der Waals surface area contributed by atoms with E-state index in [0.29, 0.717) is 28.3 Å². The lowest BCUT2D eigenvalue weighted by Gasteiger charge is -2.38. The van der Waals surface area contributed by atoms with Crippen LogP contribution in [0.5, 0.6) is 23.0 Å². The molecule has 1 amide bonds. The van der Waals surface area contributed by atoms with Gasteiger partial charge in [-0.2, -0.15) is 8.78 Å². The molecule has 3 aromatic rings. The van der Waals surface area contributed by atoms with Crippen LogP contribution in [0, 0.1) is 0 Å². The third-order valence-corrected chi connectivity index (χ3v) is 5.53. The van der Waals surface area contributed by atoms with Crippen molar-refractivity contribution in [3.63, 3.8) is 0 Å². The molecule has 1 unspecified atom stereocenters. The Kier molecular flexibility index (Phi) is 5.37. The van der Waals surface area contributed by atoms with Gasteiger partial charge in [-0.1, -0.05) is 24.3 Å². The van der Waals surface area contributed by atoms with Gasteiger partial charge < -0.3 is 29.2 Å². The molecule has 0 radical (unpaired) electrons. The van der Waals surface area contributed by atoms with Crippen molar-refractivity contribution in [3.05, 3.63) is 77.4 Å². The highest BCUT2D eigenvalue weighted by molar-refractivity contribution is 6.01. The van der Waals surface area contributed by atoms with Crippen LogP contribution >= 0.6 is 0 Å². The number of carbonyl (C=O) groups excluding carboxylic acids is 1. The highest BCUT2D eigenvalue weighted by Crippen LogP contribution is 2.39. The molecule has 2 aliphatic rings. The van der Waals surface area contributed by atoms with E-state index >= 15 is 0 Å². The average Bonchev–Trinajstić information content (AvgIpc) is 3.29. The second kappa shape index (κ2) is 8.50. The van der Waals surface area contributed by atoms with Gasteiger partial charge >= 0.3 is 6.61 Å². The summed E-state index contributed by atoms with van der Waals surface area (Å²) in [4.78, 5) is 15.1. The number of ether oxygens (including phenoxy) is 4. The fourth-order valence-corrected chi connectivity index (χ4v) is 4.00.